The quantitative estimate of drug-likeness (QED) is 0.539. The lowest BCUT2D eigenvalue weighted by Crippen LogP contribution is -2.27. The largest absolute Gasteiger partial charge is 0.330 e. The number of hydrogen-bond acceptors (Lipinski definition) is 3. The molecule has 0 saturated carbocycles. The van der Waals surface area contributed by atoms with E-state index in [1.54, 1.807) is 12.5 Å². The first-order valence-corrected chi connectivity index (χ1v) is 8.41. The van der Waals surface area contributed by atoms with Crippen LogP contribution in [0.25, 0.3) is 11.0 Å². The van der Waals surface area contributed by atoms with Gasteiger partial charge in [-0.1, -0.05) is 47.1 Å². The molecule has 2 aromatic carbocycles. The lowest BCUT2D eigenvalue weighted by atomic mass is 10.1. The number of fused-ring (bicyclic) bond motifs is 1. The van der Waals surface area contributed by atoms with Crippen LogP contribution in [0, 0.1) is 5.92 Å². The van der Waals surface area contributed by atoms with Gasteiger partial charge >= 0.3 is 0 Å². The Bertz CT molecular complexity index is 870. The number of halogens is 1. The van der Waals surface area contributed by atoms with Crippen LogP contribution in [0.2, 0.25) is 0 Å². The Morgan fingerprint density at radius 2 is 2.04 bits per heavy atom. The van der Waals surface area contributed by atoms with Crippen LogP contribution in [0.1, 0.15) is 12.5 Å². The van der Waals surface area contributed by atoms with Crippen LogP contribution in [-0.2, 0) is 11.3 Å². The first-order valence-electron chi connectivity index (χ1n) is 7.62. The Kier molecular flexibility index (Phi) is 5.05. The zero-order valence-corrected chi connectivity index (χ0v) is 14.8. The van der Waals surface area contributed by atoms with Gasteiger partial charge in [-0.15, -0.1) is 0 Å². The Morgan fingerprint density at radius 3 is 2.83 bits per heavy atom. The molecule has 0 radical (unpaired) electrons. The van der Waals surface area contributed by atoms with E-state index in [2.05, 4.69) is 31.4 Å². The lowest BCUT2D eigenvalue weighted by molar-refractivity contribution is -0.124. The third-order valence-corrected chi connectivity index (χ3v) is 4.23. The number of imidazole rings is 1. The molecule has 1 heterocycles. The fourth-order valence-corrected chi connectivity index (χ4v) is 2.63. The summed E-state index contributed by atoms with van der Waals surface area (Å²) in [6.45, 7) is 2.43. The number of nitrogens with zero attached hydrogens (tertiary/aromatic N) is 3. The van der Waals surface area contributed by atoms with E-state index < -0.39 is 0 Å². The number of hydrogen-bond donors (Lipinski definition) is 1. The first-order chi connectivity index (χ1) is 11.6. The smallest absolute Gasteiger partial charge is 0.244 e. The third-order valence-electron chi connectivity index (χ3n) is 3.70. The molecule has 1 aromatic heterocycles. The monoisotopic (exact) mass is 384 g/mol. The van der Waals surface area contributed by atoms with Crippen LogP contribution in [0.15, 0.2) is 64.4 Å². The molecule has 3 rings (SSSR count). The van der Waals surface area contributed by atoms with Gasteiger partial charge in [-0.2, -0.15) is 5.10 Å². The van der Waals surface area contributed by atoms with Crippen molar-refractivity contribution in [2.24, 2.45) is 11.0 Å². The van der Waals surface area contributed by atoms with Crippen LogP contribution >= 0.6 is 15.9 Å². The van der Waals surface area contributed by atoms with Gasteiger partial charge in [-0.25, -0.2) is 10.4 Å². The van der Waals surface area contributed by atoms with Crippen LogP contribution in [0.3, 0.4) is 0 Å². The van der Waals surface area contributed by atoms with Gasteiger partial charge in [-0.05, 0) is 29.8 Å². The van der Waals surface area contributed by atoms with Crippen LogP contribution < -0.4 is 5.43 Å². The molecule has 0 bridgehead atoms. The summed E-state index contributed by atoms with van der Waals surface area (Å²) in [5.41, 5.74) is 5.47. The van der Waals surface area contributed by atoms with Crippen LogP contribution in [0.4, 0.5) is 0 Å². The van der Waals surface area contributed by atoms with Gasteiger partial charge in [0.15, 0.2) is 0 Å². The Labute approximate surface area is 148 Å². The molecule has 24 heavy (non-hydrogen) atoms. The first kappa shape index (κ1) is 16.4. The summed E-state index contributed by atoms with van der Waals surface area (Å²) >= 11 is 3.38. The van der Waals surface area contributed by atoms with Gasteiger partial charge in [0, 0.05) is 11.0 Å². The SMILES string of the molecule is CC(Cn1cnc2ccccc21)C(=O)N/N=C\c1ccc(Br)cc1. The summed E-state index contributed by atoms with van der Waals surface area (Å²) in [6, 6.07) is 15.6. The summed E-state index contributed by atoms with van der Waals surface area (Å²) in [5, 5.41) is 4.02. The molecular formula is C18H17BrN4O. The summed E-state index contributed by atoms with van der Waals surface area (Å²) in [5.74, 6) is -0.342. The minimum atomic E-state index is -0.218. The van der Waals surface area contributed by atoms with Gasteiger partial charge in [0.2, 0.25) is 5.91 Å². The van der Waals surface area contributed by atoms with E-state index in [1.807, 2.05) is 60.0 Å². The minimum Gasteiger partial charge on any atom is -0.330 e. The molecule has 5 nitrogen and oxygen atoms in total. The predicted octanol–water partition coefficient (Wildman–Crippen LogP) is 3.59. The van der Waals surface area contributed by atoms with Crippen molar-refractivity contribution in [3.05, 3.63) is 64.9 Å². The fourth-order valence-electron chi connectivity index (χ4n) is 2.36. The van der Waals surface area contributed by atoms with Gasteiger partial charge in [0.25, 0.3) is 0 Å². The standard InChI is InChI=1S/C18H17BrN4O/c1-13(11-23-12-20-16-4-2-3-5-17(16)23)18(24)22-21-10-14-6-8-15(19)9-7-14/h2-10,12-13H,11H2,1H3,(H,22,24)/b21-10-. The van der Waals surface area contributed by atoms with E-state index in [0.717, 1.165) is 21.1 Å². The van der Waals surface area contributed by atoms with Gasteiger partial charge in [0.05, 0.1) is 29.5 Å². The summed E-state index contributed by atoms with van der Waals surface area (Å²) in [7, 11) is 0. The molecule has 0 fully saturated rings. The minimum absolute atomic E-state index is 0.124. The highest BCUT2D eigenvalue weighted by Gasteiger charge is 2.14. The average Bonchev–Trinajstić information content (AvgIpc) is 3.00. The van der Waals surface area contributed by atoms with Crippen molar-refractivity contribution >= 4 is 39.1 Å². The van der Waals surface area contributed by atoms with Crippen molar-refractivity contribution in [2.75, 3.05) is 0 Å². The molecule has 0 saturated heterocycles. The zero-order chi connectivity index (χ0) is 16.9. The summed E-state index contributed by atoms with van der Waals surface area (Å²) < 4.78 is 2.99. The van der Waals surface area contributed by atoms with Crippen molar-refractivity contribution in [3.63, 3.8) is 0 Å². The number of aromatic nitrogens is 2. The molecule has 0 spiro atoms. The number of nitrogens with one attached hydrogen (secondary N) is 1. The highest BCUT2D eigenvalue weighted by molar-refractivity contribution is 9.10. The van der Waals surface area contributed by atoms with E-state index in [9.17, 15) is 4.79 Å². The van der Waals surface area contributed by atoms with E-state index >= 15 is 0 Å². The fraction of sp³-hybridized carbons (Fsp3) is 0.167. The highest BCUT2D eigenvalue weighted by atomic mass is 79.9. The van der Waals surface area contributed by atoms with Crippen LogP contribution in [0.5, 0.6) is 0 Å². The predicted molar refractivity (Wildman–Crippen MR) is 98.8 cm³/mol. The maximum atomic E-state index is 12.2. The number of carbonyl (C=O) groups excluding carboxylic acids is 1. The van der Waals surface area contributed by atoms with E-state index in [0.29, 0.717) is 6.54 Å². The van der Waals surface area contributed by atoms with E-state index in [-0.39, 0.29) is 11.8 Å². The molecule has 0 aliphatic rings. The number of amides is 1. The maximum absolute atomic E-state index is 12.2. The van der Waals surface area contributed by atoms with Crippen molar-refractivity contribution in [2.45, 2.75) is 13.5 Å². The molecule has 1 N–H and O–H groups in total. The van der Waals surface area contributed by atoms with Crippen molar-refractivity contribution in [1.29, 1.82) is 0 Å². The number of rotatable bonds is 5. The molecule has 0 aliphatic carbocycles. The second-order valence-electron chi connectivity index (χ2n) is 5.57. The van der Waals surface area contributed by atoms with E-state index in [1.165, 1.54) is 0 Å². The van der Waals surface area contributed by atoms with Crippen LogP contribution in [-0.4, -0.2) is 21.7 Å². The second-order valence-corrected chi connectivity index (χ2v) is 6.49. The normalized spacial score (nSPS) is 12.6. The molecule has 1 amide bonds. The Hall–Kier alpha value is -2.47. The molecule has 0 aliphatic heterocycles. The molecule has 122 valence electrons. The lowest BCUT2D eigenvalue weighted by Gasteiger charge is -2.11. The topological polar surface area (TPSA) is 59.3 Å². The molecule has 6 heteroatoms. The van der Waals surface area contributed by atoms with E-state index in [4.69, 9.17) is 0 Å². The number of benzene rings is 2. The van der Waals surface area contributed by atoms with Gasteiger partial charge < -0.3 is 4.57 Å². The number of para-hydroxylation sites is 2. The van der Waals surface area contributed by atoms with Gasteiger partial charge in [0.1, 0.15) is 0 Å². The summed E-state index contributed by atoms with van der Waals surface area (Å²) in [6.07, 6.45) is 3.39. The summed E-state index contributed by atoms with van der Waals surface area (Å²) in [4.78, 5) is 16.5. The number of hydrazone groups is 1. The molecule has 1 unspecified atom stereocenters. The molecule has 3 aromatic rings. The molecule has 1 atom stereocenters. The number of carbonyl (C=O) groups is 1. The van der Waals surface area contributed by atoms with Crippen molar-refractivity contribution in [3.8, 4) is 0 Å². The second kappa shape index (κ2) is 7.40. The maximum Gasteiger partial charge on any atom is 0.244 e. The average molecular weight is 385 g/mol. The van der Waals surface area contributed by atoms with Crippen molar-refractivity contribution in [1.82, 2.24) is 15.0 Å². The zero-order valence-electron chi connectivity index (χ0n) is 13.2. The Balaban J connectivity index is 1.59. The highest BCUT2D eigenvalue weighted by Crippen LogP contribution is 2.14. The molecular weight excluding hydrogens is 368 g/mol. The van der Waals surface area contributed by atoms with Crippen molar-refractivity contribution < 1.29 is 4.79 Å². The third kappa shape index (κ3) is 3.89. The van der Waals surface area contributed by atoms with Gasteiger partial charge in [-0.3, -0.25) is 4.79 Å². The Morgan fingerprint density at radius 1 is 1.29 bits per heavy atom.